The third-order valence-electron chi connectivity index (χ3n) is 3.90. The van der Waals surface area contributed by atoms with E-state index in [1.165, 1.54) is 12.1 Å². The first-order valence-electron chi connectivity index (χ1n) is 8.59. The predicted octanol–water partition coefficient (Wildman–Crippen LogP) is 1.45. The van der Waals surface area contributed by atoms with Crippen LogP contribution in [-0.4, -0.2) is 33.3 Å². The Morgan fingerprint density at radius 3 is 1.78 bits per heavy atom. The van der Waals surface area contributed by atoms with Crippen LogP contribution in [0, 0.1) is 0 Å². The monoisotopic (exact) mass is 389 g/mol. The van der Waals surface area contributed by atoms with Gasteiger partial charge in [-0.2, -0.15) is 0 Å². The number of sulfonamides is 1. The van der Waals surface area contributed by atoms with Gasteiger partial charge in [-0.15, -0.1) is 0 Å². The van der Waals surface area contributed by atoms with E-state index in [2.05, 4.69) is 10.6 Å². The average molecular weight is 389 g/mol. The first-order chi connectivity index (χ1) is 12.8. The highest BCUT2D eigenvalue weighted by Gasteiger charge is 2.09. The summed E-state index contributed by atoms with van der Waals surface area (Å²) in [6.07, 6.45) is 1.41. The van der Waals surface area contributed by atoms with Crippen molar-refractivity contribution in [3.05, 3.63) is 65.2 Å². The number of primary sulfonamides is 1. The van der Waals surface area contributed by atoms with Gasteiger partial charge in [-0.05, 0) is 54.8 Å². The lowest BCUT2D eigenvalue weighted by Gasteiger charge is -2.07. The fourth-order valence-electron chi connectivity index (χ4n) is 2.38. The molecular formula is C19H23N3O4S. The van der Waals surface area contributed by atoms with E-state index in [0.717, 1.165) is 12.0 Å². The zero-order valence-electron chi connectivity index (χ0n) is 15.1. The topological polar surface area (TPSA) is 118 Å². The molecule has 0 aliphatic heterocycles. The molecule has 2 amide bonds. The summed E-state index contributed by atoms with van der Waals surface area (Å²) in [6.45, 7) is 2.98. The highest BCUT2D eigenvalue weighted by atomic mass is 32.2. The van der Waals surface area contributed by atoms with Crippen LogP contribution in [0.5, 0.6) is 0 Å². The van der Waals surface area contributed by atoms with Crippen molar-refractivity contribution in [3.8, 4) is 0 Å². The molecule has 7 nitrogen and oxygen atoms in total. The molecule has 0 saturated heterocycles. The number of hydrogen-bond donors (Lipinski definition) is 3. The minimum Gasteiger partial charge on any atom is -0.352 e. The van der Waals surface area contributed by atoms with E-state index < -0.39 is 10.0 Å². The molecule has 0 bridgehead atoms. The molecule has 0 atom stereocenters. The summed E-state index contributed by atoms with van der Waals surface area (Å²) in [5.74, 6) is -0.400. The van der Waals surface area contributed by atoms with Crippen molar-refractivity contribution in [1.29, 1.82) is 0 Å². The number of hydrogen-bond acceptors (Lipinski definition) is 4. The number of amides is 2. The smallest absolute Gasteiger partial charge is 0.251 e. The normalized spacial score (nSPS) is 11.0. The van der Waals surface area contributed by atoms with Gasteiger partial charge in [-0.3, -0.25) is 9.59 Å². The van der Waals surface area contributed by atoms with Crippen molar-refractivity contribution in [3.63, 3.8) is 0 Å². The Hall–Kier alpha value is -2.71. The molecule has 0 heterocycles. The SMILES string of the molecule is CCCNC(=O)c1ccc(C(=O)NCCc2ccc(S(N)(=O)=O)cc2)cc1. The molecule has 2 aromatic rings. The molecule has 8 heteroatoms. The summed E-state index contributed by atoms with van der Waals surface area (Å²) < 4.78 is 22.4. The maximum atomic E-state index is 12.2. The van der Waals surface area contributed by atoms with Gasteiger partial charge in [0.25, 0.3) is 11.8 Å². The average Bonchev–Trinajstić information content (AvgIpc) is 2.66. The van der Waals surface area contributed by atoms with Gasteiger partial charge in [0.15, 0.2) is 0 Å². The van der Waals surface area contributed by atoms with Crippen molar-refractivity contribution >= 4 is 21.8 Å². The van der Waals surface area contributed by atoms with Crippen molar-refractivity contribution in [2.75, 3.05) is 13.1 Å². The van der Waals surface area contributed by atoms with Gasteiger partial charge in [0.2, 0.25) is 10.0 Å². The lowest BCUT2D eigenvalue weighted by atomic mass is 10.1. The highest BCUT2D eigenvalue weighted by Crippen LogP contribution is 2.09. The maximum Gasteiger partial charge on any atom is 0.251 e. The van der Waals surface area contributed by atoms with Crippen LogP contribution in [0.4, 0.5) is 0 Å². The second kappa shape index (κ2) is 9.29. The van der Waals surface area contributed by atoms with E-state index in [1.54, 1.807) is 36.4 Å². The molecule has 4 N–H and O–H groups in total. The Kier molecular flexibility index (Phi) is 7.09. The van der Waals surface area contributed by atoms with E-state index in [1.807, 2.05) is 6.92 Å². The zero-order valence-corrected chi connectivity index (χ0v) is 15.9. The minimum atomic E-state index is -3.70. The summed E-state index contributed by atoms with van der Waals surface area (Å²) in [5.41, 5.74) is 1.85. The molecule has 0 spiro atoms. The van der Waals surface area contributed by atoms with Crippen LogP contribution in [0.3, 0.4) is 0 Å². The Morgan fingerprint density at radius 2 is 1.33 bits per heavy atom. The van der Waals surface area contributed by atoms with E-state index >= 15 is 0 Å². The lowest BCUT2D eigenvalue weighted by Crippen LogP contribution is -2.26. The summed E-state index contributed by atoms with van der Waals surface area (Å²) in [5, 5.41) is 10.6. The molecule has 0 fully saturated rings. The summed E-state index contributed by atoms with van der Waals surface area (Å²) in [7, 11) is -3.70. The second-order valence-corrected chi connectivity index (χ2v) is 7.59. The van der Waals surface area contributed by atoms with Gasteiger partial charge in [-0.25, -0.2) is 13.6 Å². The van der Waals surface area contributed by atoms with Crippen LogP contribution in [0.15, 0.2) is 53.4 Å². The number of carbonyl (C=O) groups is 2. The lowest BCUT2D eigenvalue weighted by molar-refractivity contribution is 0.0942. The fraction of sp³-hybridized carbons (Fsp3) is 0.263. The molecule has 0 saturated carbocycles. The molecule has 0 aromatic heterocycles. The van der Waals surface area contributed by atoms with Crippen LogP contribution in [-0.2, 0) is 16.4 Å². The number of nitrogens with two attached hydrogens (primary N) is 1. The van der Waals surface area contributed by atoms with Crippen LogP contribution >= 0.6 is 0 Å². The Balaban J connectivity index is 1.86. The van der Waals surface area contributed by atoms with Crippen LogP contribution in [0.25, 0.3) is 0 Å². The van der Waals surface area contributed by atoms with E-state index in [4.69, 9.17) is 5.14 Å². The van der Waals surface area contributed by atoms with E-state index in [9.17, 15) is 18.0 Å². The molecule has 0 aliphatic carbocycles. The standard InChI is InChI=1S/C19H23N3O4S/c1-2-12-21-18(23)15-5-7-16(8-6-15)19(24)22-13-11-14-3-9-17(10-4-14)27(20,25)26/h3-10H,2,11-13H2,1H3,(H,21,23)(H,22,24)(H2,20,25,26). The summed E-state index contributed by atoms with van der Waals surface area (Å²) >= 11 is 0. The Labute approximate surface area is 159 Å². The number of nitrogens with one attached hydrogen (secondary N) is 2. The zero-order chi connectivity index (χ0) is 19.9. The molecule has 27 heavy (non-hydrogen) atoms. The first kappa shape index (κ1) is 20.6. The van der Waals surface area contributed by atoms with Gasteiger partial charge in [0.05, 0.1) is 4.90 Å². The number of rotatable bonds is 8. The largest absolute Gasteiger partial charge is 0.352 e. The fourth-order valence-corrected chi connectivity index (χ4v) is 2.90. The van der Waals surface area contributed by atoms with Crippen LogP contribution in [0.2, 0.25) is 0 Å². The molecule has 2 rings (SSSR count). The maximum absolute atomic E-state index is 12.2. The summed E-state index contributed by atoms with van der Waals surface area (Å²) in [4.78, 5) is 24.1. The molecule has 0 unspecified atom stereocenters. The first-order valence-corrected chi connectivity index (χ1v) is 10.1. The third-order valence-corrected chi connectivity index (χ3v) is 4.83. The van der Waals surface area contributed by atoms with Crippen LogP contribution in [0.1, 0.15) is 39.6 Å². The summed E-state index contributed by atoms with van der Waals surface area (Å²) in [6, 6.07) is 12.7. The number of carbonyl (C=O) groups excluding carboxylic acids is 2. The van der Waals surface area contributed by atoms with E-state index in [0.29, 0.717) is 30.6 Å². The highest BCUT2D eigenvalue weighted by molar-refractivity contribution is 7.89. The van der Waals surface area contributed by atoms with Crippen molar-refractivity contribution in [1.82, 2.24) is 10.6 Å². The molecule has 2 aromatic carbocycles. The quantitative estimate of drug-likeness (QED) is 0.633. The molecule has 0 radical (unpaired) electrons. The predicted molar refractivity (Wildman–Crippen MR) is 103 cm³/mol. The van der Waals surface area contributed by atoms with Gasteiger partial charge in [0, 0.05) is 24.2 Å². The second-order valence-electron chi connectivity index (χ2n) is 6.03. The Morgan fingerprint density at radius 1 is 0.852 bits per heavy atom. The Bertz CT molecular complexity index is 892. The van der Waals surface area contributed by atoms with Crippen molar-refractivity contribution in [2.45, 2.75) is 24.7 Å². The van der Waals surface area contributed by atoms with Gasteiger partial charge < -0.3 is 10.6 Å². The van der Waals surface area contributed by atoms with Crippen molar-refractivity contribution in [2.24, 2.45) is 5.14 Å². The molecular weight excluding hydrogens is 366 g/mol. The molecule has 0 aliphatic rings. The van der Waals surface area contributed by atoms with Crippen LogP contribution < -0.4 is 15.8 Å². The minimum absolute atomic E-state index is 0.0540. The number of benzene rings is 2. The van der Waals surface area contributed by atoms with Gasteiger partial charge in [0.1, 0.15) is 0 Å². The van der Waals surface area contributed by atoms with E-state index in [-0.39, 0.29) is 16.7 Å². The van der Waals surface area contributed by atoms with Gasteiger partial charge >= 0.3 is 0 Å². The van der Waals surface area contributed by atoms with Crippen molar-refractivity contribution < 1.29 is 18.0 Å². The molecule has 144 valence electrons. The van der Waals surface area contributed by atoms with Gasteiger partial charge in [-0.1, -0.05) is 19.1 Å². The third kappa shape index (κ3) is 6.19.